The summed E-state index contributed by atoms with van der Waals surface area (Å²) in [6.07, 6.45) is 1.00. The Morgan fingerprint density at radius 1 is 1.10 bits per heavy atom. The minimum absolute atomic E-state index is 0.0738. The summed E-state index contributed by atoms with van der Waals surface area (Å²) in [5, 5.41) is 3.82. The fourth-order valence-corrected chi connectivity index (χ4v) is 4.20. The summed E-state index contributed by atoms with van der Waals surface area (Å²) >= 11 is 1.31. The fourth-order valence-electron chi connectivity index (χ4n) is 3.22. The number of hydrogen-bond acceptors (Lipinski definition) is 4. The highest BCUT2D eigenvalue weighted by Crippen LogP contribution is 2.28. The molecule has 0 aliphatic heterocycles. The summed E-state index contributed by atoms with van der Waals surface area (Å²) in [5.74, 6) is 0.262. The second-order valence-electron chi connectivity index (χ2n) is 7.11. The maximum atomic E-state index is 12.9. The molecule has 0 aliphatic carbocycles. The van der Waals surface area contributed by atoms with E-state index in [1.165, 1.54) is 11.8 Å². The summed E-state index contributed by atoms with van der Waals surface area (Å²) in [6.45, 7) is 8.55. The zero-order valence-electron chi connectivity index (χ0n) is 17.3. The van der Waals surface area contributed by atoms with Gasteiger partial charge in [-0.05, 0) is 49.9 Å². The van der Waals surface area contributed by atoms with E-state index in [1.54, 1.807) is 10.6 Å². The quantitative estimate of drug-likeness (QED) is 0.438. The molecule has 152 valence electrons. The molecule has 2 atom stereocenters. The highest BCUT2D eigenvalue weighted by molar-refractivity contribution is 8.00. The van der Waals surface area contributed by atoms with E-state index in [1.807, 2.05) is 50.2 Å². The summed E-state index contributed by atoms with van der Waals surface area (Å²) in [5.41, 5.74) is 2.56. The number of nitrogens with zero attached hydrogens (tertiary/aromatic N) is 2. The predicted octanol–water partition coefficient (Wildman–Crippen LogP) is 5.05. The lowest BCUT2D eigenvalue weighted by atomic mass is 9.97. The van der Waals surface area contributed by atoms with E-state index in [9.17, 15) is 9.59 Å². The van der Waals surface area contributed by atoms with Crippen LogP contribution in [-0.2, 0) is 11.3 Å². The highest BCUT2D eigenvalue weighted by Gasteiger charge is 2.20. The lowest BCUT2D eigenvalue weighted by molar-refractivity contribution is -0.115. The number of benzene rings is 2. The van der Waals surface area contributed by atoms with Gasteiger partial charge in [0.05, 0.1) is 16.2 Å². The normalized spacial score (nSPS) is 13.2. The Morgan fingerprint density at radius 3 is 2.52 bits per heavy atom. The van der Waals surface area contributed by atoms with Crippen molar-refractivity contribution in [1.82, 2.24) is 9.55 Å². The molecule has 2 aromatic carbocycles. The molecule has 3 rings (SSSR count). The van der Waals surface area contributed by atoms with Crippen molar-refractivity contribution in [2.24, 2.45) is 0 Å². The number of carbonyl (C=O) groups excluding carboxylic acids is 1. The molecule has 1 N–H and O–H groups in total. The number of nitrogens with one attached hydrogen (secondary N) is 1. The van der Waals surface area contributed by atoms with Crippen LogP contribution in [0.5, 0.6) is 0 Å². The maximum absolute atomic E-state index is 12.9. The van der Waals surface area contributed by atoms with Crippen molar-refractivity contribution in [1.29, 1.82) is 0 Å². The predicted molar refractivity (Wildman–Crippen MR) is 121 cm³/mol. The number of rotatable bonds is 7. The first-order valence-electron chi connectivity index (χ1n) is 10.0. The molecule has 1 aromatic heterocycles. The molecule has 0 aliphatic rings. The van der Waals surface area contributed by atoms with Crippen molar-refractivity contribution in [2.45, 2.75) is 57.0 Å². The van der Waals surface area contributed by atoms with E-state index >= 15 is 0 Å². The molecular weight excluding hydrogens is 382 g/mol. The Bertz CT molecular complexity index is 1080. The van der Waals surface area contributed by atoms with Gasteiger partial charge in [-0.25, -0.2) is 4.98 Å². The summed E-state index contributed by atoms with van der Waals surface area (Å²) < 4.78 is 1.63. The first-order chi connectivity index (χ1) is 14.0. The van der Waals surface area contributed by atoms with Crippen LogP contribution in [0.2, 0.25) is 0 Å². The molecule has 0 bridgehead atoms. The summed E-state index contributed by atoms with van der Waals surface area (Å²) in [6, 6.07) is 15.2. The number of hydrogen-bond donors (Lipinski definition) is 1. The van der Waals surface area contributed by atoms with E-state index in [4.69, 9.17) is 0 Å². The van der Waals surface area contributed by atoms with Crippen LogP contribution in [0.25, 0.3) is 10.9 Å². The lowest BCUT2D eigenvalue weighted by Crippen LogP contribution is -2.27. The van der Waals surface area contributed by atoms with Gasteiger partial charge in [0.1, 0.15) is 0 Å². The third-order valence-electron chi connectivity index (χ3n) is 5.16. The zero-order valence-corrected chi connectivity index (χ0v) is 18.1. The molecule has 0 radical (unpaired) electrons. The van der Waals surface area contributed by atoms with Crippen molar-refractivity contribution >= 4 is 34.3 Å². The average Bonchev–Trinajstić information content (AvgIpc) is 2.73. The summed E-state index contributed by atoms with van der Waals surface area (Å²) in [4.78, 5) is 30.3. The van der Waals surface area contributed by atoms with Crippen LogP contribution in [0, 0.1) is 0 Å². The van der Waals surface area contributed by atoms with Crippen molar-refractivity contribution in [3.8, 4) is 0 Å². The third kappa shape index (κ3) is 4.53. The first kappa shape index (κ1) is 21.1. The van der Waals surface area contributed by atoms with Gasteiger partial charge in [-0.2, -0.15) is 0 Å². The van der Waals surface area contributed by atoms with Gasteiger partial charge in [-0.3, -0.25) is 14.2 Å². The molecular formula is C23H27N3O2S. The number of aromatic nitrogens is 2. The van der Waals surface area contributed by atoms with E-state index in [-0.39, 0.29) is 11.5 Å². The van der Waals surface area contributed by atoms with Crippen molar-refractivity contribution < 1.29 is 4.79 Å². The third-order valence-corrected chi connectivity index (χ3v) is 6.25. The van der Waals surface area contributed by atoms with Gasteiger partial charge in [0.15, 0.2) is 5.16 Å². The van der Waals surface area contributed by atoms with Crippen LogP contribution in [0.1, 0.15) is 45.6 Å². The monoisotopic (exact) mass is 409 g/mol. The number of anilines is 1. The second-order valence-corrected chi connectivity index (χ2v) is 8.41. The topological polar surface area (TPSA) is 64.0 Å². The van der Waals surface area contributed by atoms with Crippen molar-refractivity contribution in [2.75, 3.05) is 5.32 Å². The molecule has 1 heterocycles. The molecule has 3 aromatic rings. The molecule has 0 saturated heterocycles. The van der Waals surface area contributed by atoms with E-state index in [0.717, 1.165) is 17.7 Å². The Kier molecular flexibility index (Phi) is 6.75. The molecule has 29 heavy (non-hydrogen) atoms. The average molecular weight is 410 g/mol. The molecule has 6 heteroatoms. The Balaban J connectivity index is 1.85. The largest absolute Gasteiger partial charge is 0.325 e. The van der Waals surface area contributed by atoms with Gasteiger partial charge >= 0.3 is 0 Å². The van der Waals surface area contributed by atoms with Crippen molar-refractivity contribution in [3.63, 3.8) is 0 Å². The van der Waals surface area contributed by atoms with Gasteiger partial charge in [-0.1, -0.05) is 55.9 Å². The molecule has 0 spiro atoms. The molecule has 2 unspecified atom stereocenters. The lowest BCUT2D eigenvalue weighted by Gasteiger charge is -2.18. The van der Waals surface area contributed by atoms with Crippen LogP contribution in [-0.4, -0.2) is 20.7 Å². The van der Waals surface area contributed by atoms with Gasteiger partial charge in [0.2, 0.25) is 5.91 Å². The SMILES string of the molecule is CCC(C)c1ccccc1NC(=O)C(C)Sc1nc2ccccc2c(=O)n1CC. The zero-order chi connectivity index (χ0) is 21.0. The van der Waals surface area contributed by atoms with Crippen LogP contribution in [0.3, 0.4) is 0 Å². The number of carbonyl (C=O) groups is 1. The van der Waals surface area contributed by atoms with E-state index in [0.29, 0.717) is 28.5 Å². The van der Waals surface area contributed by atoms with Crippen molar-refractivity contribution in [3.05, 3.63) is 64.4 Å². The van der Waals surface area contributed by atoms with Crippen LogP contribution in [0.15, 0.2) is 58.5 Å². The summed E-state index contributed by atoms with van der Waals surface area (Å²) in [7, 11) is 0. The van der Waals surface area contributed by atoms with Gasteiger partial charge in [0.25, 0.3) is 5.56 Å². The first-order valence-corrected chi connectivity index (χ1v) is 10.9. The van der Waals surface area contributed by atoms with Gasteiger partial charge < -0.3 is 5.32 Å². The van der Waals surface area contributed by atoms with Gasteiger partial charge in [0, 0.05) is 12.2 Å². The van der Waals surface area contributed by atoms with E-state index in [2.05, 4.69) is 30.2 Å². The molecule has 0 fully saturated rings. The smallest absolute Gasteiger partial charge is 0.262 e. The van der Waals surface area contributed by atoms with Crippen LogP contribution in [0.4, 0.5) is 5.69 Å². The molecule has 1 amide bonds. The van der Waals surface area contributed by atoms with Crippen LogP contribution < -0.4 is 10.9 Å². The minimum atomic E-state index is -0.397. The Morgan fingerprint density at radius 2 is 1.79 bits per heavy atom. The Hall–Kier alpha value is -2.60. The standard InChI is InChI=1S/C23H27N3O2S/c1-5-15(3)17-11-7-9-13-19(17)24-21(27)16(4)29-23-25-20-14-10-8-12-18(20)22(28)26(23)6-2/h7-16H,5-6H2,1-4H3,(H,24,27). The molecule has 5 nitrogen and oxygen atoms in total. The fraction of sp³-hybridized carbons (Fsp3) is 0.348. The van der Waals surface area contributed by atoms with Crippen LogP contribution >= 0.6 is 11.8 Å². The Labute approximate surface area is 175 Å². The number of para-hydroxylation sites is 2. The minimum Gasteiger partial charge on any atom is -0.325 e. The highest BCUT2D eigenvalue weighted by atomic mass is 32.2. The molecule has 0 saturated carbocycles. The number of fused-ring (bicyclic) bond motifs is 1. The second kappa shape index (κ2) is 9.27. The van der Waals surface area contributed by atoms with Gasteiger partial charge in [-0.15, -0.1) is 0 Å². The maximum Gasteiger partial charge on any atom is 0.262 e. The van der Waals surface area contributed by atoms with E-state index < -0.39 is 5.25 Å². The number of thioether (sulfide) groups is 1. The number of amides is 1.